The lowest BCUT2D eigenvalue weighted by atomic mass is 10.2. The van der Waals surface area contributed by atoms with Crippen molar-refractivity contribution in [3.63, 3.8) is 0 Å². The third kappa shape index (κ3) is 3.59. The van der Waals surface area contributed by atoms with Crippen LogP contribution in [0, 0.1) is 10.1 Å². The Labute approximate surface area is 124 Å². The molecule has 1 aromatic carbocycles. The fourth-order valence-electron chi connectivity index (χ4n) is 2.19. The molecule has 6 heteroatoms. The average Bonchev–Trinajstić information content (AvgIpc) is 2.93. The zero-order chi connectivity index (χ0) is 15.2. The second-order valence-corrected chi connectivity index (χ2v) is 4.89. The number of anilines is 1. The average molecular weight is 288 g/mol. The highest BCUT2D eigenvalue weighted by molar-refractivity contribution is 5.59. The Morgan fingerprint density at radius 2 is 2.10 bits per heavy atom. The molecule has 6 nitrogen and oxygen atoms in total. The number of rotatable bonds is 7. The first-order valence-corrected chi connectivity index (χ1v) is 7.21. The zero-order valence-electron chi connectivity index (χ0n) is 12.4. The molecule has 0 saturated carbocycles. The molecule has 0 aliphatic carbocycles. The number of imidazole rings is 1. The number of nitrogens with zero attached hydrogens (tertiary/aromatic N) is 3. The molecule has 21 heavy (non-hydrogen) atoms. The van der Waals surface area contributed by atoms with Crippen LogP contribution in [0.3, 0.4) is 0 Å². The van der Waals surface area contributed by atoms with Gasteiger partial charge in [0.1, 0.15) is 5.82 Å². The number of non-ortho nitro benzene ring substituents is 1. The lowest BCUT2D eigenvalue weighted by Crippen LogP contribution is -2.04. The first-order chi connectivity index (χ1) is 10.2. The molecule has 0 saturated heterocycles. The highest BCUT2D eigenvalue weighted by atomic mass is 16.6. The third-order valence-corrected chi connectivity index (χ3v) is 3.16. The number of hydrogen-bond donors (Lipinski definition) is 1. The molecule has 0 spiro atoms. The van der Waals surface area contributed by atoms with Crippen molar-refractivity contribution in [2.24, 2.45) is 0 Å². The van der Waals surface area contributed by atoms with Gasteiger partial charge in [0.05, 0.1) is 10.6 Å². The van der Waals surface area contributed by atoms with Gasteiger partial charge in [0.15, 0.2) is 0 Å². The van der Waals surface area contributed by atoms with Crippen molar-refractivity contribution in [2.75, 3.05) is 11.9 Å². The molecule has 0 unspecified atom stereocenters. The van der Waals surface area contributed by atoms with Gasteiger partial charge in [-0.3, -0.25) is 10.1 Å². The first kappa shape index (κ1) is 15.0. The zero-order valence-corrected chi connectivity index (χ0v) is 12.4. The summed E-state index contributed by atoms with van der Waals surface area (Å²) in [5.41, 5.74) is 1.61. The van der Waals surface area contributed by atoms with E-state index < -0.39 is 0 Å². The van der Waals surface area contributed by atoms with Gasteiger partial charge in [-0.25, -0.2) is 4.98 Å². The van der Waals surface area contributed by atoms with Gasteiger partial charge in [-0.2, -0.15) is 0 Å². The Kier molecular flexibility index (Phi) is 4.92. The van der Waals surface area contributed by atoms with Gasteiger partial charge in [-0.05, 0) is 18.9 Å². The predicted octanol–water partition coefficient (Wildman–Crippen LogP) is 3.55. The van der Waals surface area contributed by atoms with E-state index in [9.17, 15) is 10.1 Å². The van der Waals surface area contributed by atoms with E-state index in [4.69, 9.17) is 0 Å². The Balaban J connectivity index is 2.43. The van der Waals surface area contributed by atoms with Crippen molar-refractivity contribution in [1.29, 1.82) is 0 Å². The van der Waals surface area contributed by atoms with E-state index >= 15 is 0 Å². The fourth-order valence-corrected chi connectivity index (χ4v) is 2.19. The topological polar surface area (TPSA) is 73.0 Å². The first-order valence-electron chi connectivity index (χ1n) is 7.21. The molecule has 0 fully saturated rings. The van der Waals surface area contributed by atoms with E-state index in [0.29, 0.717) is 0 Å². The summed E-state index contributed by atoms with van der Waals surface area (Å²) < 4.78 is 1.91. The second kappa shape index (κ2) is 6.88. The van der Waals surface area contributed by atoms with Crippen molar-refractivity contribution in [3.8, 4) is 5.69 Å². The van der Waals surface area contributed by atoms with Crippen molar-refractivity contribution in [2.45, 2.75) is 33.1 Å². The Bertz CT molecular complexity index is 622. The van der Waals surface area contributed by atoms with Crippen LogP contribution >= 0.6 is 0 Å². The van der Waals surface area contributed by atoms with Crippen LogP contribution in [0.15, 0.2) is 30.6 Å². The minimum Gasteiger partial charge on any atom is -0.385 e. The summed E-state index contributed by atoms with van der Waals surface area (Å²) in [5.74, 6) is 0.916. The molecule has 0 amide bonds. The Morgan fingerprint density at radius 3 is 2.76 bits per heavy atom. The molecule has 0 aliphatic heterocycles. The highest BCUT2D eigenvalue weighted by Crippen LogP contribution is 2.24. The van der Waals surface area contributed by atoms with Gasteiger partial charge in [0.25, 0.3) is 5.69 Å². The molecule has 0 radical (unpaired) electrons. The van der Waals surface area contributed by atoms with Crippen LogP contribution in [-0.2, 0) is 6.42 Å². The molecule has 1 aromatic heterocycles. The summed E-state index contributed by atoms with van der Waals surface area (Å²) >= 11 is 0. The lowest BCUT2D eigenvalue weighted by Gasteiger charge is -2.11. The molecule has 112 valence electrons. The number of nitrogens with one attached hydrogen (secondary N) is 1. The van der Waals surface area contributed by atoms with E-state index in [1.54, 1.807) is 18.3 Å². The largest absolute Gasteiger partial charge is 0.385 e. The molecule has 2 rings (SSSR count). The summed E-state index contributed by atoms with van der Waals surface area (Å²) in [6.45, 7) is 4.92. The number of nitro benzene ring substituents is 1. The number of benzene rings is 1. The maximum absolute atomic E-state index is 11.1. The summed E-state index contributed by atoms with van der Waals surface area (Å²) in [5, 5.41) is 14.3. The summed E-state index contributed by atoms with van der Waals surface area (Å²) in [6.07, 6.45) is 6.35. The SMILES string of the molecule is CCCNc1cc(-n2ccnc2CCC)cc([N+](=O)[O-])c1. The third-order valence-electron chi connectivity index (χ3n) is 3.16. The molecule has 0 bridgehead atoms. The number of aryl methyl sites for hydroxylation is 1. The van der Waals surface area contributed by atoms with Gasteiger partial charge in [0.2, 0.25) is 0 Å². The molecular formula is C15H20N4O2. The van der Waals surface area contributed by atoms with Gasteiger partial charge in [0, 0.05) is 43.2 Å². The molecular weight excluding hydrogens is 268 g/mol. The number of hydrogen-bond acceptors (Lipinski definition) is 4. The summed E-state index contributed by atoms with van der Waals surface area (Å²) in [7, 11) is 0. The minimum atomic E-state index is -0.364. The Morgan fingerprint density at radius 1 is 1.29 bits per heavy atom. The number of aromatic nitrogens is 2. The van der Waals surface area contributed by atoms with Gasteiger partial charge < -0.3 is 9.88 Å². The molecule has 2 aromatic rings. The van der Waals surface area contributed by atoms with E-state index in [-0.39, 0.29) is 10.6 Å². The van der Waals surface area contributed by atoms with Crippen LogP contribution in [0.4, 0.5) is 11.4 Å². The van der Waals surface area contributed by atoms with E-state index in [2.05, 4.69) is 24.1 Å². The molecule has 0 atom stereocenters. The second-order valence-electron chi connectivity index (χ2n) is 4.89. The highest BCUT2D eigenvalue weighted by Gasteiger charge is 2.12. The Hall–Kier alpha value is -2.37. The molecule has 1 N–H and O–H groups in total. The van der Waals surface area contributed by atoms with Crippen LogP contribution < -0.4 is 5.32 Å². The molecule has 0 aliphatic rings. The normalized spacial score (nSPS) is 10.6. The predicted molar refractivity (Wildman–Crippen MR) is 83.0 cm³/mol. The van der Waals surface area contributed by atoms with Crippen LogP contribution in [0.1, 0.15) is 32.5 Å². The lowest BCUT2D eigenvalue weighted by molar-refractivity contribution is -0.384. The monoisotopic (exact) mass is 288 g/mol. The van der Waals surface area contributed by atoms with Crippen LogP contribution in [0.25, 0.3) is 5.69 Å². The summed E-state index contributed by atoms with van der Waals surface area (Å²) in [4.78, 5) is 15.1. The molecule has 1 heterocycles. The smallest absolute Gasteiger partial charge is 0.273 e. The number of nitro groups is 1. The summed E-state index contributed by atoms with van der Waals surface area (Å²) in [6, 6.07) is 5.07. The fraction of sp³-hybridized carbons (Fsp3) is 0.400. The van der Waals surface area contributed by atoms with E-state index in [0.717, 1.165) is 43.0 Å². The van der Waals surface area contributed by atoms with Crippen LogP contribution in [0.5, 0.6) is 0 Å². The van der Waals surface area contributed by atoms with Gasteiger partial charge in [-0.15, -0.1) is 0 Å². The maximum Gasteiger partial charge on any atom is 0.273 e. The van der Waals surface area contributed by atoms with Crippen LogP contribution in [0.2, 0.25) is 0 Å². The quantitative estimate of drug-likeness (QED) is 0.624. The van der Waals surface area contributed by atoms with Crippen LogP contribution in [-0.4, -0.2) is 21.0 Å². The van der Waals surface area contributed by atoms with Crippen molar-refractivity contribution >= 4 is 11.4 Å². The van der Waals surface area contributed by atoms with E-state index in [1.807, 2.05) is 16.8 Å². The standard InChI is InChI=1S/C15H20N4O2/c1-3-5-15-17-7-8-18(15)13-9-12(16-6-4-2)10-14(11-13)19(20)21/h7-11,16H,3-6H2,1-2H3. The van der Waals surface area contributed by atoms with Gasteiger partial charge in [-0.1, -0.05) is 13.8 Å². The maximum atomic E-state index is 11.1. The van der Waals surface area contributed by atoms with Crippen molar-refractivity contribution in [3.05, 3.63) is 46.5 Å². The van der Waals surface area contributed by atoms with Gasteiger partial charge >= 0.3 is 0 Å². The van der Waals surface area contributed by atoms with Crippen molar-refractivity contribution in [1.82, 2.24) is 9.55 Å². The van der Waals surface area contributed by atoms with E-state index in [1.165, 1.54) is 0 Å². The van der Waals surface area contributed by atoms with Crippen molar-refractivity contribution < 1.29 is 4.92 Å². The minimum absolute atomic E-state index is 0.0854.